The van der Waals surface area contributed by atoms with Gasteiger partial charge in [-0.25, -0.2) is 0 Å². The first-order valence-electron chi connectivity index (χ1n) is 8.27. The van der Waals surface area contributed by atoms with Crippen LogP contribution in [0.25, 0.3) is 16.7 Å². The van der Waals surface area contributed by atoms with E-state index in [1.807, 2.05) is 43.3 Å². The van der Waals surface area contributed by atoms with Crippen LogP contribution in [0.2, 0.25) is 0 Å². The van der Waals surface area contributed by atoms with Crippen LogP contribution < -0.4 is 0 Å². The summed E-state index contributed by atoms with van der Waals surface area (Å²) in [7, 11) is 0. The van der Waals surface area contributed by atoms with Crippen LogP contribution in [0.3, 0.4) is 0 Å². The quantitative estimate of drug-likeness (QED) is 0.630. The highest BCUT2D eigenvalue weighted by Gasteiger charge is 2.39. The second-order valence-electron chi connectivity index (χ2n) is 6.40. The maximum atomic E-state index is 12.9. The zero-order valence-corrected chi connectivity index (χ0v) is 13.9. The molecule has 128 valence electrons. The number of aryl methyl sites for hydroxylation is 1. The number of nitriles is 1. The Balaban J connectivity index is 2.07. The highest BCUT2D eigenvalue weighted by atomic mass is 19.4. The van der Waals surface area contributed by atoms with Crippen LogP contribution in [0.15, 0.2) is 48.5 Å². The normalized spacial score (nSPS) is 17.7. The first-order chi connectivity index (χ1) is 11.9. The van der Waals surface area contributed by atoms with Crippen LogP contribution in [-0.2, 0) is 0 Å². The minimum Gasteiger partial charge on any atom is -0.192 e. The molecule has 1 atom stereocenters. The molecule has 0 N–H and O–H groups in total. The van der Waals surface area contributed by atoms with E-state index in [9.17, 15) is 18.4 Å². The molecule has 4 heteroatoms. The van der Waals surface area contributed by atoms with Crippen molar-refractivity contribution < 1.29 is 13.2 Å². The monoisotopic (exact) mass is 341 g/mol. The predicted molar refractivity (Wildman–Crippen MR) is 92.7 cm³/mol. The molecule has 1 aliphatic carbocycles. The minimum absolute atomic E-state index is 0.0200. The molecule has 2 aromatic carbocycles. The molecule has 1 unspecified atom stereocenters. The van der Waals surface area contributed by atoms with E-state index in [1.165, 1.54) is 0 Å². The lowest BCUT2D eigenvalue weighted by atomic mass is 9.82. The van der Waals surface area contributed by atoms with Crippen LogP contribution in [-0.4, -0.2) is 6.18 Å². The number of nitrogens with zero attached hydrogens (tertiary/aromatic N) is 1. The maximum absolute atomic E-state index is 12.9. The summed E-state index contributed by atoms with van der Waals surface area (Å²) in [6, 6.07) is 15.4. The van der Waals surface area contributed by atoms with Gasteiger partial charge in [-0.15, -0.1) is 0 Å². The lowest BCUT2D eigenvalue weighted by Crippen LogP contribution is -2.24. The smallest absolute Gasteiger partial charge is 0.192 e. The van der Waals surface area contributed by atoms with E-state index in [0.717, 1.165) is 27.8 Å². The third-order valence-electron chi connectivity index (χ3n) is 4.81. The number of hydrogen-bond donors (Lipinski definition) is 0. The number of alkyl halides is 3. The lowest BCUT2D eigenvalue weighted by Gasteiger charge is -2.25. The van der Waals surface area contributed by atoms with Crippen molar-refractivity contribution in [3.8, 4) is 17.2 Å². The Morgan fingerprint density at radius 3 is 2.40 bits per heavy atom. The first kappa shape index (κ1) is 17.3. The van der Waals surface area contributed by atoms with E-state index in [2.05, 4.69) is 6.07 Å². The van der Waals surface area contributed by atoms with Gasteiger partial charge in [0.2, 0.25) is 0 Å². The van der Waals surface area contributed by atoms with E-state index in [-0.39, 0.29) is 12.8 Å². The SMILES string of the molecule is Cc1cccc(C2=CCC(C(F)(F)F)CC2)c1-c1ccccc1C#N. The van der Waals surface area contributed by atoms with E-state index in [0.29, 0.717) is 12.0 Å². The molecular formula is C21H18F3N. The molecule has 0 radical (unpaired) electrons. The van der Waals surface area contributed by atoms with E-state index in [1.54, 1.807) is 12.1 Å². The third-order valence-corrected chi connectivity index (χ3v) is 4.81. The van der Waals surface area contributed by atoms with Gasteiger partial charge in [0.1, 0.15) is 0 Å². The van der Waals surface area contributed by atoms with Gasteiger partial charge in [-0.3, -0.25) is 0 Å². The number of rotatable bonds is 2. The van der Waals surface area contributed by atoms with Crippen LogP contribution in [0.1, 0.15) is 36.0 Å². The highest BCUT2D eigenvalue weighted by molar-refractivity contribution is 5.86. The Morgan fingerprint density at radius 1 is 1.04 bits per heavy atom. The van der Waals surface area contributed by atoms with Crippen LogP contribution in [0, 0.1) is 24.2 Å². The van der Waals surface area contributed by atoms with Gasteiger partial charge < -0.3 is 0 Å². The van der Waals surface area contributed by atoms with Crippen molar-refractivity contribution in [3.05, 3.63) is 65.2 Å². The standard InChI is InChI=1S/C21H18F3N/c1-14-5-4-8-18(15-9-11-17(12-10-15)21(22,23)24)20(14)19-7-3-2-6-16(19)13-25/h2-9,17H,10-12H2,1H3. The molecule has 0 spiro atoms. The van der Waals surface area contributed by atoms with Gasteiger partial charge in [-0.05, 0) is 54.5 Å². The summed E-state index contributed by atoms with van der Waals surface area (Å²) >= 11 is 0. The third kappa shape index (κ3) is 3.46. The zero-order chi connectivity index (χ0) is 18.0. The van der Waals surface area contributed by atoms with Crippen LogP contribution in [0.5, 0.6) is 0 Å². The molecule has 0 bridgehead atoms. The predicted octanol–water partition coefficient (Wildman–Crippen LogP) is 6.28. The van der Waals surface area contributed by atoms with Crippen molar-refractivity contribution in [1.29, 1.82) is 5.26 Å². The summed E-state index contributed by atoms with van der Waals surface area (Å²) in [4.78, 5) is 0. The molecule has 1 nitrogen and oxygen atoms in total. The summed E-state index contributed by atoms with van der Waals surface area (Å²) in [6.07, 6.45) is -1.89. The van der Waals surface area contributed by atoms with Crippen LogP contribution in [0.4, 0.5) is 13.2 Å². The second-order valence-corrected chi connectivity index (χ2v) is 6.40. The molecule has 0 saturated heterocycles. The molecule has 2 aromatic rings. The van der Waals surface area contributed by atoms with Crippen molar-refractivity contribution in [1.82, 2.24) is 0 Å². The number of halogens is 3. The fourth-order valence-electron chi connectivity index (χ4n) is 3.47. The zero-order valence-electron chi connectivity index (χ0n) is 13.9. The van der Waals surface area contributed by atoms with Crippen LogP contribution >= 0.6 is 0 Å². The van der Waals surface area contributed by atoms with Gasteiger partial charge in [0.25, 0.3) is 0 Å². The maximum Gasteiger partial charge on any atom is 0.392 e. The fraction of sp³-hybridized carbons (Fsp3) is 0.286. The van der Waals surface area contributed by atoms with Gasteiger partial charge >= 0.3 is 6.18 Å². The molecule has 1 aliphatic rings. The van der Waals surface area contributed by atoms with Crippen molar-refractivity contribution in [3.63, 3.8) is 0 Å². The number of hydrogen-bond acceptors (Lipinski definition) is 1. The molecule has 25 heavy (non-hydrogen) atoms. The first-order valence-corrected chi connectivity index (χ1v) is 8.27. The molecular weight excluding hydrogens is 323 g/mol. The summed E-state index contributed by atoms with van der Waals surface area (Å²) in [6.45, 7) is 1.97. The topological polar surface area (TPSA) is 23.8 Å². The van der Waals surface area contributed by atoms with Crippen molar-refractivity contribution in [2.75, 3.05) is 0 Å². The van der Waals surface area contributed by atoms with Gasteiger partial charge in [0, 0.05) is 5.56 Å². The largest absolute Gasteiger partial charge is 0.392 e. The van der Waals surface area contributed by atoms with Crippen molar-refractivity contribution in [2.24, 2.45) is 5.92 Å². The van der Waals surface area contributed by atoms with Gasteiger partial charge in [-0.1, -0.05) is 42.5 Å². The summed E-state index contributed by atoms with van der Waals surface area (Å²) in [5.41, 5.74) is 5.23. The highest BCUT2D eigenvalue weighted by Crippen LogP contribution is 2.42. The molecule has 0 aliphatic heterocycles. The van der Waals surface area contributed by atoms with E-state index < -0.39 is 12.1 Å². The Bertz CT molecular complexity index is 856. The fourth-order valence-corrected chi connectivity index (χ4v) is 3.47. The number of allylic oxidation sites excluding steroid dienone is 2. The minimum atomic E-state index is -4.13. The Labute approximate surface area is 145 Å². The lowest BCUT2D eigenvalue weighted by molar-refractivity contribution is -0.175. The Morgan fingerprint density at radius 2 is 1.76 bits per heavy atom. The molecule has 0 heterocycles. The summed E-state index contributed by atoms with van der Waals surface area (Å²) in [5.74, 6) is -1.25. The van der Waals surface area contributed by atoms with Gasteiger partial charge in [0.15, 0.2) is 0 Å². The Hall–Kier alpha value is -2.54. The van der Waals surface area contributed by atoms with Gasteiger partial charge in [-0.2, -0.15) is 18.4 Å². The van der Waals surface area contributed by atoms with E-state index in [4.69, 9.17) is 0 Å². The van der Waals surface area contributed by atoms with Crippen molar-refractivity contribution in [2.45, 2.75) is 32.4 Å². The Kier molecular flexibility index (Phi) is 4.67. The summed E-state index contributed by atoms with van der Waals surface area (Å²) < 4.78 is 38.7. The molecule has 3 rings (SSSR count). The molecule has 0 fully saturated rings. The second kappa shape index (κ2) is 6.76. The summed E-state index contributed by atoms with van der Waals surface area (Å²) in [5, 5.41) is 9.41. The molecule has 0 saturated carbocycles. The molecule has 0 aromatic heterocycles. The average molecular weight is 341 g/mol. The number of benzene rings is 2. The molecule has 0 amide bonds. The van der Waals surface area contributed by atoms with Crippen molar-refractivity contribution >= 4 is 5.57 Å². The average Bonchev–Trinajstić information content (AvgIpc) is 2.61. The van der Waals surface area contributed by atoms with Gasteiger partial charge in [0.05, 0.1) is 17.6 Å². The van der Waals surface area contributed by atoms with E-state index >= 15 is 0 Å².